The Morgan fingerprint density at radius 2 is 1.00 bits per heavy atom. The van der Waals surface area contributed by atoms with Gasteiger partial charge >= 0.3 is 0 Å². The highest BCUT2D eigenvalue weighted by Gasteiger charge is 2.40. The molecule has 5 rings (SSSR count). The van der Waals surface area contributed by atoms with Crippen LogP contribution in [0, 0.1) is 0 Å². The van der Waals surface area contributed by atoms with Gasteiger partial charge in [-0.1, -0.05) is 117 Å². The van der Waals surface area contributed by atoms with Crippen molar-refractivity contribution in [1.29, 1.82) is 0 Å². The second kappa shape index (κ2) is 11.4. The van der Waals surface area contributed by atoms with E-state index in [1.165, 1.54) is 23.5 Å². The third kappa shape index (κ3) is 5.40. The SMILES string of the molecule is O=S(=O)(c1ccccc1P(c1ccccc1)c1ccccc1)N(C1CCCCC1)C1CCCCC1. The fourth-order valence-electron chi connectivity index (χ4n) is 5.92. The molecule has 2 saturated carbocycles. The molecule has 3 aromatic carbocycles. The van der Waals surface area contributed by atoms with Crippen molar-refractivity contribution in [1.82, 2.24) is 4.31 Å². The molecule has 0 atom stereocenters. The van der Waals surface area contributed by atoms with Gasteiger partial charge < -0.3 is 0 Å². The molecule has 0 N–H and O–H groups in total. The Morgan fingerprint density at radius 3 is 1.49 bits per heavy atom. The minimum Gasteiger partial charge on any atom is -0.207 e. The zero-order valence-corrected chi connectivity index (χ0v) is 22.1. The maximum Gasteiger partial charge on any atom is 0.244 e. The fraction of sp³-hybridized carbons (Fsp3) is 0.400. The van der Waals surface area contributed by atoms with Crippen LogP contribution in [-0.2, 0) is 10.0 Å². The average molecular weight is 506 g/mol. The molecule has 0 aromatic heterocycles. The molecule has 0 spiro atoms. The van der Waals surface area contributed by atoms with Crippen LogP contribution in [0.5, 0.6) is 0 Å². The first-order chi connectivity index (χ1) is 17.2. The minimum atomic E-state index is -3.64. The zero-order chi connectivity index (χ0) is 24.1. The van der Waals surface area contributed by atoms with Gasteiger partial charge in [0.05, 0.1) is 4.90 Å². The first-order valence-corrected chi connectivity index (χ1v) is 16.0. The van der Waals surface area contributed by atoms with Crippen LogP contribution in [0.3, 0.4) is 0 Å². The van der Waals surface area contributed by atoms with Gasteiger partial charge in [0, 0.05) is 17.4 Å². The Labute approximate surface area is 212 Å². The van der Waals surface area contributed by atoms with E-state index < -0.39 is 17.9 Å². The molecule has 3 nitrogen and oxygen atoms in total. The van der Waals surface area contributed by atoms with Crippen LogP contribution in [-0.4, -0.2) is 24.8 Å². The molecule has 0 saturated heterocycles. The molecule has 5 heteroatoms. The predicted molar refractivity (Wildman–Crippen MR) is 148 cm³/mol. The highest BCUT2D eigenvalue weighted by atomic mass is 32.2. The Balaban J connectivity index is 1.64. The summed E-state index contributed by atoms with van der Waals surface area (Å²) in [6.07, 6.45) is 10.9. The topological polar surface area (TPSA) is 37.4 Å². The highest BCUT2D eigenvalue weighted by Crippen LogP contribution is 2.39. The summed E-state index contributed by atoms with van der Waals surface area (Å²) in [5.41, 5.74) is 0. The lowest BCUT2D eigenvalue weighted by molar-refractivity contribution is 0.170. The fourth-order valence-corrected chi connectivity index (χ4v) is 10.9. The lowest BCUT2D eigenvalue weighted by Gasteiger charge is -2.41. The van der Waals surface area contributed by atoms with Crippen molar-refractivity contribution in [2.24, 2.45) is 0 Å². The van der Waals surface area contributed by atoms with Crippen molar-refractivity contribution in [2.45, 2.75) is 81.2 Å². The first-order valence-electron chi connectivity index (χ1n) is 13.2. The van der Waals surface area contributed by atoms with Gasteiger partial charge in [-0.3, -0.25) is 0 Å². The van der Waals surface area contributed by atoms with E-state index in [2.05, 4.69) is 54.6 Å². The van der Waals surface area contributed by atoms with E-state index >= 15 is 0 Å². The predicted octanol–water partition coefficient (Wildman–Crippen LogP) is 6.10. The number of benzene rings is 3. The molecule has 2 aliphatic carbocycles. The molecule has 2 fully saturated rings. The van der Waals surface area contributed by atoms with Gasteiger partial charge in [-0.15, -0.1) is 0 Å². The lowest BCUT2D eigenvalue weighted by Crippen LogP contribution is -2.49. The van der Waals surface area contributed by atoms with E-state index in [1.54, 1.807) is 0 Å². The van der Waals surface area contributed by atoms with E-state index in [4.69, 9.17) is 0 Å². The number of sulfonamides is 1. The Hall–Kier alpha value is -2.00. The van der Waals surface area contributed by atoms with E-state index in [0.717, 1.165) is 56.7 Å². The third-order valence-electron chi connectivity index (χ3n) is 7.56. The largest absolute Gasteiger partial charge is 0.244 e. The molecule has 35 heavy (non-hydrogen) atoms. The van der Waals surface area contributed by atoms with Gasteiger partial charge in [0.1, 0.15) is 0 Å². The molecule has 0 heterocycles. The Bertz CT molecular complexity index is 1130. The van der Waals surface area contributed by atoms with Gasteiger partial charge in [-0.05, 0) is 50.3 Å². The molecule has 0 amide bonds. The molecule has 2 aliphatic rings. The van der Waals surface area contributed by atoms with Crippen LogP contribution in [0.4, 0.5) is 0 Å². The summed E-state index contributed by atoms with van der Waals surface area (Å²) < 4.78 is 31.3. The number of hydrogen-bond donors (Lipinski definition) is 0. The van der Waals surface area contributed by atoms with Gasteiger partial charge in [-0.2, -0.15) is 4.31 Å². The standard InChI is InChI=1S/C30H36NO2PS/c32-35(33,31(25-15-5-1-6-16-25)26-17-7-2-8-18-26)30-24-14-13-23-29(30)34(27-19-9-3-10-20-27)28-21-11-4-12-22-28/h3-4,9-14,19-26H,1-2,5-8,15-18H2. The minimum absolute atomic E-state index is 0.129. The zero-order valence-electron chi connectivity index (χ0n) is 20.4. The summed E-state index contributed by atoms with van der Waals surface area (Å²) in [4.78, 5) is 0.509. The van der Waals surface area contributed by atoms with E-state index in [0.29, 0.717) is 4.90 Å². The molecule has 0 bridgehead atoms. The smallest absolute Gasteiger partial charge is 0.207 e. The number of hydrogen-bond acceptors (Lipinski definition) is 2. The molecule has 0 radical (unpaired) electrons. The second-order valence-corrected chi connectivity index (χ2v) is 13.9. The molecular weight excluding hydrogens is 469 g/mol. The normalized spacial score (nSPS) is 18.2. The van der Waals surface area contributed by atoms with Crippen LogP contribution in [0.2, 0.25) is 0 Å². The Kier molecular flexibility index (Phi) is 8.02. The molecule has 0 aliphatic heterocycles. The summed E-state index contributed by atoms with van der Waals surface area (Å²) in [6.45, 7) is 0. The monoisotopic (exact) mass is 505 g/mol. The average Bonchev–Trinajstić information content (AvgIpc) is 2.92. The maximum atomic E-state index is 14.7. The molecule has 3 aromatic rings. The summed E-state index contributed by atoms with van der Waals surface area (Å²) in [6, 6.07) is 28.9. The van der Waals surface area contributed by atoms with Crippen molar-refractivity contribution >= 4 is 33.9 Å². The van der Waals surface area contributed by atoms with E-state index in [9.17, 15) is 8.42 Å². The van der Waals surface area contributed by atoms with Crippen LogP contribution in [0.15, 0.2) is 89.8 Å². The van der Waals surface area contributed by atoms with Crippen molar-refractivity contribution in [3.05, 3.63) is 84.9 Å². The van der Waals surface area contributed by atoms with E-state index in [-0.39, 0.29) is 12.1 Å². The van der Waals surface area contributed by atoms with Crippen molar-refractivity contribution in [3.8, 4) is 0 Å². The summed E-state index contributed by atoms with van der Waals surface area (Å²) in [7, 11) is -4.64. The van der Waals surface area contributed by atoms with Crippen molar-refractivity contribution in [2.75, 3.05) is 0 Å². The third-order valence-corrected chi connectivity index (χ3v) is 12.3. The van der Waals surface area contributed by atoms with Crippen LogP contribution >= 0.6 is 7.92 Å². The van der Waals surface area contributed by atoms with Crippen LogP contribution in [0.1, 0.15) is 64.2 Å². The van der Waals surface area contributed by atoms with Crippen molar-refractivity contribution in [3.63, 3.8) is 0 Å². The molecule has 0 unspecified atom stereocenters. The molecule has 184 valence electrons. The lowest BCUT2D eigenvalue weighted by atomic mass is 9.91. The van der Waals surface area contributed by atoms with Crippen LogP contribution < -0.4 is 15.9 Å². The summed E-state index contributed by atoms with van der Waals surface area (Å²) in [5, 5.41) is 3.30. The number of rotatable bonds is 7. The number of nitrogens with zero attached hydrogens (tertiary/aromatic N) is 1. The van der Waals surface area contributed by atoms with Crippen LogP contribution in [0.25, 0.3) is 0 Å². The molecular formula is C30H36NO2PS. The maximum absolute atomic E-state index is 14.7. The second-order valence-electron chi connectivity index (χ2n) is 9.89. The van der Waals surface area contributed by atoms with E-state index in [1.807, 2.05) is 34.6 Å². The Morgan fingerprint density at radius 1 is 0.571 bits per heavy atom. The summed E-state index contributed by atoms with van der Waals surface area (Å²) >= 11 is 0. The highest BCUT2D eigenvalue weighted by molar-refractivity contribution is 7.90. The van der Waals surface area contributed by atoms with Gasteiger partial charge in [0.25, 0.3) is 0 Å². The quantitative estimate of drug-likeness (QED) is 0.364. The first kappa shape index (κ1) is 24.7. The van der Waals surface area contributed by atoms with Gasteiger partial charge in [-0.25, -0.2) is 8.42 Å². The summed E-state index contributed by atoms with van der Waals surface area (Å²) in [5.74, 6) is 0. The van der Waals surface area contributed by atoms with Gasteiger partial charge in [0.2, 0.25) is 10.0 Å². The van der Waals surface area contributed by atoms with Gasteiger partial charge in [0.15, 0.2) is 0 Å². The van der Waals surface area contributed by atoms with Crippen molar-refractivity contribution < 1.29 is 8.42 Å².